The van der Waals surface area contributed by atoms with E-state index in [0.717, 1.165) is 10.0 Å². The maximum absolute atomic E-state index is 5.42. The van der Waals surface area contributed by atoms with Gasteiger partial charge < -0.3 is 19.7 Å². The summed E-state index contributed by atoms with van der Waals surface area (Å²) in [6.07, 6.45) is 0. The molecule has 0 amide bonds. The first-order valence-electron chi connectivity index (χ1n) is 4.90. The number of benzene rings is 1. The summed E-state index contributed by atoms with van der Waals surface area (Å²) < 4.78 is 16.5. The highest BCUT2D eigenvalue weighted by Gasteiger charge is 2.22. The molecule has 0 bridgehead atoms. The fourth-order valence-corrected chi connectivity index (χ4v) is 2.03. The molecule has 1 aromatic carbocycles. The third-order valence-electron chi connectivity index (χ3n) is 2.32. The Balaban J connectivity index is 2.13. The standard InChI is InChI=1S/C10H8BrN3O3/c11-5-1-6(9-7(2-5)15-4-16-9)10-13-8(3-12)17-14-10/h1-2H,3-4,12H2. The molecule has 7 heteroatoms. The van der Waals surface area contributed by atoms with Gasteiger partial charge in [0.05, 0.1) is 12.1 Å². The van der Waals surface area contributed by atoms with E-state index in [1.807, 2.05) is 12.1 Å². The van der Waals surface area contributed by atoms with Gasteiger partial charge in [-0.3, -0.25) is 0 Å². The van der Waals surface area contributed by atoms with Crippen molar-refractivity contribution in [3.05, 3.63) is 22.5 Å². The van der Waals surface area contributed by atoms with E-state index in [9.17, 15) is 0 Å². The van der Waals surface area contributed by atoms with Gasteiger partial charge in [-0.2, -0.15) is 4.98 Å². The predicted octanol–water partition coefficient (Wildman–Crippen LogP) is 1.69. The minimum absolute atomic E-state index is 0.195. The van der Waals surface area contributed by atoms with E-state index in [0.29, 0.717) is 23.2 Å². The lowest BCUT2D eigenvalue weighted by Gasteiger charge is -2.02. The van der Waals surface area contributed by atoms with E-state index in [2.05, 4.69) is 26.1 Å². The number of fused-ring (bicyclic) bond motifs is 1. The molecule has 2 N–H and O–H groups in total. The van der Waals surface area contributed by atoms with Gasteiger partial charge in [-0.1, -0.05) is 21.1 Å². The van der Waals surface area contributed by atoms with Gasteiger partial charge in [-0.25, -0.2) is 0 Å². The molecule has 0 saturated carbocycles. The molecule has 2 heterocycles. The van der Waals surface area contributed by atoms with E-state index in [4.69, 9.17) is 19.7 Å². The Kier molecular flexibility index (Phi) is 2.49. The van der Waals surface area contributed by atoms with E-state index in [-0.39, 0.29) is 13.3 Å². The van der Waals surface area contributed by atoms with Crippen LogP contribution < -0.4 is 15.2 Å². The van der Waals surface area contributed by atoms with Crippen LogP contribution in [0.4, 0.5) is 0 Å². The molecule has 88 valence electrons. The molecule has 2 aromatic rings. The molecule has 17 heavy (non-hydrogen) atoms. The third-order valence-corrected chi connectivity index (χ3v) is 2.78. The number of hydrogen-bond donors (Lipinski definition) is 1. The Bertz CT molecular complexity index is 570. The Labute approximate surface area is 105 Å². The van der Waals surface area contributed by atoms with Crippen molar-refractivity contribution in [3.63, 3.8) is 0 Å². The molecule has 1 aliphatic heterocycles. The van der Waals surface area contributed by atoms with Crippen molar-refractivity contribution in [1.82, 2.24) is 10.1 Å². The van der Waals surface area contributed by atoms with Crippen LogP contribution in [0, 0.1) is 0 Å². The van der Waals surface area contributed by atoms with Crippen molar-refractivity contribution in [2.45, 2.75) is 6.54 Å². The fourth-order valence-electron chi connectivity index (χ4n) is 1.59. The van der Waals surface area contributed by atoms with Gasteiger partial charge in [0.25, 0.3) is 0 Å². The van der Waals surface area contributed by atoms with Gasteiger partial charge in [-0.05, 0) is 12.1 Å². The second kappa shape index (κ2) is 4.01. The maximum atomic E-state index is 5.42. The average molecular weight is 298 g/mol. The van der Waals surface area contributed by atoms with Gasteiger partial charge in [-0.15, -0.1) is 0 Å². The molecule has 6 nitrogen and oxygen atoms in total. The van der Waals surface area contributed by atoms with Crippen molar-refractivity contribution in [2.75, 3.05) is 6.79 Å². The summed E-state index contributed by atoms with van der Waals surface area (Å²) in [5, 5.41) is 3.85. The first kappa shape index (κ1) is 10.5. The van der Waals surface area contributed by atoms with Crippen LogP contribution in [0.3, 0.4) is 0 Å². The van der Waals surface area contributed by atoms with Crippen LogP contribution in [0.1, 0.15) is 5.89 Å². The molecular formula is C10H8BrN3O3. The lowest BCUT2D eigenvalue weighted by Crippen LogP contribution is -1.96. The molecule has 0 spiro atoms. The maximum Gasteiger partial charge on any atom is 0.240 e. The highest BCUT2D eigenvalue weighted by Crippen LogP contribution is 2.42. The summed E-state index contributed by atoms with van der Waals surface area (Å²) in [5.41, 5.74) is 6.14. The van der Waals surface area contributed by atoms with E-state index in [1.54, 1.807) is 0 Å². The third kappa shape index (κ3) is 1.77. The van der Waals surface area contributed by atoms with Gasteiger partial charge in [0.15, 0.2) is 11.5 Å². The Morgan fingerprint density at radius 3 is 3.00 bits per heavy atom. The van der Waals surface area contributed by atoms with Crippen molar-refractivity contribution in [1.29, 1.82) is 0 Å². The van der Waals surface area contributed by atoms with Crippen LogP contribution in [0.15, 0.2) is 21.1 Å². The second-order valence-corrected chi connectivity index (χ2v) is 4.32. The van der Waals surface area contributed by atoms with Crippen molar-refractivity contribution in [3.8, 4) is 22.9 Å². The molecule has 3 rings (SSSR count). The summed E-state index contributed by atoms with van der Waals surface area (Å²) in [4.78, 5) is 4.16. The molecule has 0 atom stereocenters. The molecular weight excluding hydrogens is 290 g/mol. The monoisotopic (exact) mass is 297 g/mol. The fraction of sp³-hybridized carbons (Fsp3) is 0.200. The van der Waals surface area contributed by atoms with Gasteiger partial charge in [0, 0.05) is 4.47 Å². The summed E-state index contributed by atoms with van der Waals surface area (Å²) in [6.45, 7) is 0.404. The molecule has 0 radical (unpaired) electrons. The zero-order chi connectivity index (χ0) is 11.8. The number of halogens is 1. The highest BCUT2D eigenvalue weighted by atomic mass is 79.9. The number of nitrogens with zero attached hydrogens (tertiary/aromatic N) is 2. The normalized spacial score (nSPS) is 13.1. The first-order chi connectivity index (χ1) is 8.28. The number of rotatable bonds is 2. The quantitative estimate of drug-likeness (QED) is 0.908. The topological polar surface area (TPSA) is 83.4 Å². The van der Waals surface area contributed by atoms with E-state index >= 15 is 0 Å². The zero-order valence-corrected chi connectivity index (χ0v) is 10.2. The summed E-state index contributed by atoms with van der Waals surface area (Å²) in [6, 6.07) is 3.68. The van der Waals surface area contributed by atoms with Crippen LogP contribution in [-0.4, -0.2) is 16.9 Å². The van der Waals surface area contributed by atoms with Crippen LogP contribution in [0.2, 0.25) is 0 Å². The Morgan fingerprint density at radius 1 is 1.35 bits per heavy atom. The summed E-state index contributed by atoms with van der Waals surface area (Å²) in [7, 11) is 0. The van der Waals surface area contributed by atoms with Crippen molar-refractivity contribution in [2.24, 2.45) is 5.73 Å². The predicted molar refractivity (Wildman–Crippen MR) is 61.4 cm³/mol. The largest absolute Gasteiger partial charge is 0.454 e. The highest BCUT2D eigenvalue weighted by molar-refractivity contribution is 9.10. The van der Waals surface area contributed by atoms with E-state index < -0.39 is 0 Å². The van der Waals surface area contributed by atoms with Crippen LogP contribution in [0.25, 0.3) is 11.4 Å². The SMILES string of the molecule is NCc1nc(-c2cc(Br)cc3c2OCO3)no1. The lowest BCUT2D eigenvalue weighted by atomic mass is 10.2. The van der Waals surface area contributed by atoms with Crippen LogP contribution >= 0.6 is 15.9 Å². The molecule has 0 unspecified atom stereocenters. The number of ether oxygens (including phenoxy) is 2. The minimum atomic E-state index is 0.195. The van der Waals surface area contributed by atoms with Crippen molar-refractivity contribution >= 4 is 15.9 Å². The summed E-state index contributed by atoms with van der Waals surface area (Å²) in [5.74, 6) is 2.10. The summed E-state index contributed by atoms with van der Waals surface area (Å²) >= 11 is 3.39. The molecule has 1 aliphatic rings. The zero-order valence-electron chi connectivity index (χ0n) is 8.64. The molecule has 1 aromatic heterocycles. The van der Waals surface area contributed by atoms with E-state index in [1.165, 1.54) is 0 Å². The lowest BCUT2D eigenvalue weighted by molar-refractivity contribution is 0.174. The molecule has 0 aliphatic carbocycles. The molecule has 0 saturated heterocycles. The minimum Gasteiger partial charge on any atom is -0.454 e. The second-order valence-electron chi connectivity index (χ2n) is 3.40. The average Bonchev–Trinajstić information content (AvgIpc) is 2.95. The number of hydrogen-bond acceptors (Lipinski definition) is 6. The van der Waals surface area contributed by atoms with Crippen LogP contribution in [-0.2, 0) is 6.54 Å². The Hall–Kier alpha value is -1.60. The van der Waals surface area contributed by atoms with Gasteiger partial charge >= 0.3 is 0 Å². The Morgan fingerprint density at radius 2 is 2.24 bits per heavy atom. The van der Waals surface area contributed by atoms with Crippen LogP contribution in [0.5, 0.6) is 11.5 Å². The number of nitrogens with two attached hydrogens (primary N) is 1. The number of aromatic nitrogens is 2. The first-order valence-corrected chi connectivity index (χ1v) is 5.69. The smallest absolute Gasteiger partial charge is 0.240 e. The molecule has 0 fully saturated rings. The van der Waals surface area contributed by atoms with Crippen molar-refractivity contribution < 1.29 is 14.0 Å². The van der Waals surface area contributed by atoms with Gasteiger partial charge in [0.2, 0.25) is 18.5 Å². The van der Waals surface area contributed by atoms with Gasteiger partial charge in [0.1, 0.15) is 0 Å².